The molecule has 1 aromatic carbocycles. The molecule has 3 heteroatoms. The molecule has 1 aliphatic heterocycles. The first-order valence-electron chi connectivity index (χ1n) is 5.11. The molecule has 1 aromatic heterocycles. The van der Waals surface area contributed by atoms with E-state index in [0.29, 0.717) is 5.92 Å². The first kappa shape index (κ1) is 9.16. The second-order valence-electron chi connectivity index (χ2n) is 3.88. The molecule has 0 amide bonds. The van der Waals surface area contributed by atoms with Crippen molar-refractivity contribution in [3.05, 3.63) is 52.5 Å². The largest absolute Gasteiger partial charge is 0.334 e. The van der Waals surface area contributed by atoms with Crippen LogP contribution in [0.4, 0.5) is 0 Å². The zero-order valence-electron chi connectivity index (χ0n) is 8.23. The van der Waals surface area contributed by atoms with Crippen LogP contribution in [-0.4, -0.2) is 9.55 Å². The average Bonchev–Trinajstić information content (AvgIpc) is 2.77. The van der Waals surface area contributed by atoms with Gasteiger partial charge in [-0.25, -0.2) is 4.98 Å². The number of hydrogen-bond donors (Lipinski definition) is 0. The number of benzene rings is 1. The number of aryl methyl sites for hydroxylation is 1. The normalized spacial score (nSPS) is 19.1. The number of aromatic nitrogens is 2. The van der Waals surface area contributed by atoms with Gasteiger partial charge >= 0.3 is 0 Å². The van der Waals surface area contributed by atoms with Gasteiger partial charge in [0.15, 0.2) is 0 Å². The fourth-order valence-electron chi connectivity index (χ4n) is 2.26. The van der Waals surface area contributed by atoms with Crippen molar-refractivity contribution in [2.24, 2.45) is 0 Å². The molecule has 0 radical (unpaired) electrons. The number of nitrogens with zero attached hydrogens (tertiary/aromatic N) is 2. The third-order valence-electron chi connectivity index (χ3n) is 2.97. The first-order valence-corrected chi connectivity index (χ1v) is 5.90. The van der Waals surface area contributed by atoms with E-state index in [0.717, 1.165) is 11.0 Å². The molecule has 15 heavy (non-hydrogen) atoms. The van der Waals surface area contributed by atoms with E-state index in [1.165, 1.54) is 17.8 Å². The minimum atomic E-state index is 0.470. The molecule has 1 unspecified atom stereocenters. The third-order valence-corrected chi connectivity index (χ3v) is 3.46. The van der Waals surface area contributed by atoms with Gasteiger partial charge in [0.2, 0.25) is 0 Å². The van der Waals surface area contributed by atoms with Gasteiger partial charge in [0.1, 0.15) is 5.82 Å². The standard InChI is InChI=1S/C12H11BrN2/c13-10-3-1-2-9(8-10)11-4-6-15-7-5-14-12(11)15/h1-3,5,7-8,11H,4,6H2. The van der Waals surface area contributed by atoms with Gasteiger partial charge in [0, 0.05) is 29.3 Å². The highest BCUT2D eigenvalue weighted by Gasteiger charge is 2.24. The summed E-state index contributed by atoms with van der Waals surface area (Å²) in [5, 5.41) is 0. The summed E-state index contributed by atoms with van der Waals surface area (Å²) in [5.41, 5.74) is 1.36. The van der Waals surface area contributed by atoms with Crippen LogP contribution in [0.3, 0.4) is 0 Å². The fourth-order valence-corrected chi connectivity index (χ4v) is 2.67. The Morgan fingerprint density at radius 3 is 3.20 bits per heavy atom. The molecule has 0 spiro atoms. The van der Waals surface area contributed by atoms with Gasteiger partial charge in [-0.1, -0.05) is 28.1 Å². The van der Waals surface area contributed by atoms with Crippen molar-refractivity contribution in [2.45, 2.75) is 18.9 Å². The van der Waals surface area contributed by atoms with Crippen LogP contribution in [0.1, 0.15) is 23.7 Å². The van der Waals surface area contributed by atoms with Gasteiger partial charge in [0.25, 0.3) is 0 Å². The van der Waals surface area contributed by atoms with E-state index in [2.05, 4.69) is 55.9 Å². The maximum atomic E-state index is 4.43. The summed E-state index contributed by atoms with van der Waals surface area (Å²) in [6.07, 6.45) is 5.12. The number of rotatable bonds is 1. The molecule has 2 nitrogen and oxygen atoms in total. The Kier molecular flexibility index (Phi) is 2.13. The van der Waals surface area contributed by atoms with Gasteiger partial charge in [0.05, 0.1) is 0 Å². The van der Waals surface area contributed by atoms with E-state index >= 15 is 0 Å². The quantitative estimate of drug-likeness (QED) is 0.772. The van der Waals surface area contributed by atoms with Crippen molar-refractivity contribution in [1.29, 1.82) is 0 Å². The molecule has 0 aliphatic carbocycles. The highest BCUT2D eigenvalue weighted by atomic mass is 79.9. The molecule has 1 atom stereocenters. The van der Waals surface area contributed by atoms with E-state index in [4.69, 9.17) is 0 Å². The highest BCUT2D eigenvalue weighted by Crippen LogP contribution is 2.33. The lowest BCUT2D eigenvalue weighted by atomic mass is 9.97. The predicted molar refractivity (Wildman–Crippen MR) is 62.8 cm³/mol. The topological polar surface area (TPSA) is 17.8 Å². The Labute approximate surface area is 97.1 Å². The van der Waals surface area contributed by atoms with Crippen molar-refractivity contribution >= 4 is 15.9 Å². The number of hydrogen-bond acceptors (Lipinski definition) is 1. The van der Waals surface area contributed by atoms with Gasteiger partial charge in [-0.2, -0.15) is 0 Å². The molecule has 2 aromatic rings. The van der Waals surface area contributed by atoms with E-state index in [1.54, 1.807) is 0 Å². The van der Waals surface area contributed by atoms with Crippen LogP contribution in [0.25, 0.3) is 0 Å². The Hall–Kier alpha value is -1.09. The summed E-state index contributed by atoms with van der Waals surface area (Å²) in [6.45, 7) is 1.09. The van der Waals surface area contributed by atoms with E-state index < -0.39 is 0 Å². The smallest absolute Gasteiger partial charge is 0.116 e. The minimum absolute atomic E-state index is 0.470. The second-order valence-corrected chi connectivity index (χ2v) is 4.79. The lowest BCUT2D eigenvalue weighted by Gasteiger charge is -2.08. The van der Waals surface area contributed by atoms with E-state index in [1.807, 2.05) is 6.20 Å². The highest BCUT2D eigenvalue weighted by molar-refractivity contribution is 9.10. The summed E-state index contributed by atoms with van der Waals surface area (Å²) in [7, 11) is 0. The molecular formula is C12H11BrN2. The summed E-state index contributed by atoms with van der Waals surface area (Å²) in [6, 6.07) is 8.52. The summed E-state index contributed by atoms with van der Waals surface area (Å²) >= 11 is 3.51. The number of halogens is 1. The Morgan fingerprint density at radius 1 is 1.40 bits per heavy atom. The molecule has 0 bridgehead atoms. The predicted octanol–water partition coefficient (Wildman–Crippen LogP) is 3.18. The molecule has 1 aliphatic rings. The van der Waals surface area contributed by atoms with E-state index in [9.17, 15) is 0 Å². The molecule has 76 valence electrons. The molecule has 0 N–H and O–H groups in total. The van der Waals surface area contributed by atoms with Crippen molar-refractivity contribution < 1.29 is 0 Å². The van der Waals surface area contributed by atoms with Gasteiger partial charge in [-0.3, -0.25) is 0 Å². The number of fused-ring (bicyclic) bond motifs is 1. The number of imidazole rings is 1. The molecule has 0 fully saturated rings. The third kappa shape index (κ3) is 1.51. The van der Waals surface area contributed by atoms with Crippen LogP contribution in [-0.2, 0) is 6.54 Å². The van der Waals surface area contributed by atoms with Crippen LogP contribution in [0.2, 0.25) is 0 Å². The van der Waals surface area contributed by atoms with Crippen molar-refractivity contribution in [1.82, 2.24) is 9.55 Å². The molecular weight excluding hydrogens is 252 g/mol. The Morgan fingerprint density at radius 2 is 2.33 bits per heavy atom. The van der Waals surface area contributed by atoms with Crippen molar-refractivity contribution in [3.63, 3.8) is 0 Å². The van der Waals surface area contributed by atoms with Gasteiger partial charge in [-0.15, -0.1) is 0 Å². The molecule has 0 saturated carbocycles. The van der Waals surface area contributed by atoms with Crippen LogP contribution >= 0.6 is 15.9 Å². The van der Waals surface area contributed by atoms with Crippen molar-refractivity contribution in [3.8, 4) is 0 Å². The monoisotopic (exact) mass is 262 g/mol. The molecule has 0 saturated heterocycles. The maximum absolute atomic E-state index is 4.43. The lowest BCUT2D eigenvalue weighted by molar-refractivity contribution is 0.720. The Bertz CT molecular complexity index is 490. The molecule has 3 rings (SSSR count). The van der Waals surface area contributed by atoms with Crippen LogP contribution < -0.4 is 0 Å². The Balaban J connectivity index is 2.03. The summed E-state index contributed by atoms with van der Waals surface area (Å²) in [4.78, 5) is 4.43. The zero-order chi connectivity index (χ0) is 10.3. The fraction of sp³-hybridized carbons (Fsp3) is 0.250. The zero-order valence-corrected chi connectivity index (χ0v) is 9.81. The summed E-state index contributed by atoms with van der Waals surface area (Å²) < 4.78 is 3.39. The average molecular weight is 263 g/mol. The lowest BCUT2D eigenvalue weighted by Crippen LogP contribution is -1.97. The van der Waals surface area contributed by atoms with Gasteiger partial charge in [-0.05, 0) is 24.1 Å². The van der Waals surface area contributed by atoms with Crippen LogP contribution in [0.5, 0.6) is 0 Å². The van der Waals surface area contributed by atoms with Crippen molar-refractivity contribution in [2.75, 3.05) is 0 Å². The van der Waals surface area contributed by atoms with Crippen LogP contribution in [0, 0.1) is 0 Å². The first-order chi connectivity index (χ1) is 7.34. The minimum Gasteiger partial charge on any atom is -0.334 e. The van der Waals surface area contributed by atoms with Crippen LogP contribution in [0.15, 0.2) is 41.1 Å². The second kappa shape index (κ2) is 3.49. The van der Waals surface area contributed by atoms with Gasteiger partial charge < -0.3 is 4.57 Å². The summed E-state index contributed by atoms with van der Waals surface area (Å²) in [5.74, 6) is 1.67. The maximum Gasteiger partial charge on any atom is 0.116 e. The SMILES string of the molecule is Brc1cccc(C2CCn3ccnc32)c1. The van der Waals surface area contributed by atoms with E-state index in [-0.39, 0.29) is 0 Å². The molecule has 2 heterocycles.